The van der Waals surface area contributed by atoms with E-state index in [0.29, 0.717) is 6.42 Å². The molecule has 0 bridgehead atoms. The summed E-state index contributed by atoms with van der Waals surface area (Å²) in [5, 5.41) is 8.46. The van der Waals surface area contributed by atoms with Gasteiger partial charge in [0.05, 0.1) is 0 Å². The molecule has 3 nitrogen and oxygen atoms in total. The molecule has 0 aromatic rings. The average Bonchev–Trinajstić information content (AvgIpc) is 2.97. The maximum absolute atomic E-state index is 10.3. The van der Waals surface area contributed by atoms with Gasteiger partial charge in [0.2, 0.25) is 0 Å². The highest BCUT2D eigenvalue weighted by Crippen LogP contribution is 2.13. The van der Waals surface area contributed by atoms with E-state index in [4.69, 9.17) is 5.11 Å². The summed E-state index contributed by atoms with van der Waals surface area (Å²) in [5.41, 5.74) is 0. The molecule has 0 radical (unpaired) electrons. The molecule has 0 spiro atoms. The highest BCUT2D eigenvalue weighted by atomic mass is 16.4. The van der Waals surface area contributed by atoms with Gasteiger partial charge in [-0.25, -0.2) is 0 Å². The molecule has 0 saturated carbocycles. The Kier molecular flexibility index (Phi) is 40.9. The lowest BCUT2D eigenvalue weighted by Gasteiger charge is -2.22. The van der Waals surface area contributed by atoms with Crippen molar-refractivity contribution in [3.8, 4) is 0 Å². The predicted octanol–water partition coefficient (Wildman–Crippen LogP) is 13.1. The van der Waals surface area contributed by atoms with Crippen LogP contribution in [-0.2, 0) is 4.79 Å². The normalized spacial score (nSPS) is 11.1. The number of carboxylic acids is 1. The van der Waals surface area contributed by atoms with Crippen LogP contribution >= 0.6 is 0 Å². The number of carbonyl (C=O) groups is 1. The first-order chi connectivity index (χ1) is 20.1. The van der Waals surface area contributed by atoms with E-state index in [9.17, 15) is 4.79 Å². The van der Waals surface area contributed by atoms with Crippen LogP contribution in [0.5, 0.6) is 0 Å². The van der Waals surface area contributed by atoms with Gasteiger partial charge in [-0.15, -0.1) is 0 Å². The zero-order chi connectivity index (χ0) is 30.5. The van der Waals surface area contributed by atoms with Crippen LogP contribution in [-0.4, -0.2) is 35.6 Å². The van der Waals surface area contributed by atoms with Gasteiger partial charge in [-0.2, -0.15) is 0 Å². The highest BCUT2D eigenvalue weighted by Gasteiger charge is 2.05. The molecule has 1 N–H and O–H groups in total. The van der Waals surface area contributed by atoms with Crippen LogP contribution in [0.25, 0.3) is 0 Å². The Balaban J connectivity index is 0. The second kappa shape index (κ2) is 39.4. The zero-order valence-electron chi connectivity index (χ0n) is 29.1. The molecule has 0 unspecified atom stereocenters. The molecule has 248 valence electrons. The van der Waals surface area contributed by atoms with Gasteiger partial charge in [0.25, 0.3) is 0 Å². The van der Waals surface area contributed by atoms with Gasteiger partial charge in [-0.1, -0.05) is 188 Å². The second-order valence-corrected chi connectivity index (χ2v) is 12.8. The van der Waals surface area contributed by atoms with E-state index >= 15 is 0 Å². The van der Waals surface area contributed by atoms with E-state index < -0.39 is 5.97 Å². The van der Waals surface area contributed by atoms with Crippen molar-refractivity contribution in [1.82, 2.24) is 4.90 Å². The molecule has 0 aliphatic heterocycles. The first-order valence-electron chi connectivity index (χ1n) is 19.1. The van der Waals surface area contributed by atoms with Crippen LogP contribution in [0.2, 0.25) is 0 Å². The Morgan fingerprint density at radius 1 is 0.366 bits per heavy atom. The van der Waals surface area contributed by atoms with Crippen LogP contribution in [0.15, 0.2) is 0 Å². The molecule has 0 aliphatic rings. The van der Waals surface area contributed by atoms with Gasteiger partial charge in [-0.05, 0) is 45.3 Å². The van der Waals surface area contributed by atoms with Crippen LogP contribution in [0.3, 0.4) is 0 Å². The SMILES string of the molecule is CCCCCCCCCCCCCC(=O)O.CCCCCCCCN(CCCCCCCC)CCCCCCCC. The van der Waals surface area contributed by atoms with E-state index in [-0.39, 0.29) is 0 Å². The van der Waals surface area contributed by atoms with Gasteiger partial charge in [-0.3, -0.25) is 4.79 Å². The molecule has 0 aliphatic carbocycles. The highest BCUT2D eigenvalue weighted by molar-refractivity contribution is 5.66. The molecular formula is C38H79NO2. The smallest absolute Gasteiger partial charge is 0.303 e. The van der Waals surface area contributed by atoms with Gasteiger partial charge in [0.15, 0.2) is 0 Å². The Bertz CT molecular complexity index is 429. The van der Waals surface area contributed by atoms with Gasteiger partial charge < -0.3 is 10.0 Å². The fourth-order valence-electron chi connectivity index (χ4n) is 5.62. The first-order valence-corrected chi connectivity index (χ1v) is 19.1. The van der Waals surface area contributed by atoms with Crippen molar-refractivity contribution in [3.05, 3.63) is 0 Å². The van der Waals surface area contributed by atoms with Crippen molar-refractivity contribution in [1.29, 1.82) is 0 Å². The summed E-state index contributed by atoms with van der Waals surface area (Å²) in [6.45, 7) is 13.2. The Labute approximate surface area is 260 Å². The largest absolute Gasteiger partial charge is 0.481 e. The quantitative estimate of drug-likeness (QED) is 0.0783. The minimum atomic E-state index is -0.657. The lowest BCUT2D eigenvalue weighted by molar-refractivity contribution is -0.137. The summed E-state index contributed by atoms with van der Waals surface area (Å²) < 4.78 is 0. The number of carboxylic acid groups (broad SMARTS) is 1. The molecular weight excluding hydrogens is 502 g/mol. The van der Waals surface area contributed by atoms with Crippen molar-refractivity contribution in [2.75, 3.05) is 19.6 Å². The van der Waals surface area contributed by atoms with Crippen molar-refractivity contribution < 1.29 is 9.90 Å². The fourth-order valence-corrected chi connectivity index (χ4v) is 5.62. The summed E-state index contributed by atoms with van der Waals surface area (Å²) in [7, 11) is 0. The summed E-state index contributed by atoms with van der Waals surface area (Å²) in [6, 6.07) is 0. The summed E-state index contributed by atoms with van der Waals surface area (Å²) in [5.74, 6) is -0.657. The molecule has 3 heteroatoms. The molecule has 0 fully saturated rings. The molecule has 0 aromatic heterocycles. The Hall–Kier alpha value is -0.570. The number of hydrogen-bond donors (Lipinski definition) is 1. The lowest BCUT2D eigenvalue weighted by Crippen LogP contribution is -2.27. The summed E-state index contributed by atoms with van der Waals surface area (Å²) in [6.07, 6.45) is 40.1. The molecule has 0 amide bonds. The van der Waals surface area contributed by atoms with Crippen LogP contribution in [0, 0.1) is 0 Å². The van der Waals surface area contributed by atoms with Gasteiger partial charge in [0, 0.05) is 6.42 Å². The second-order valence-electron chi connectivity index (χ2n) is 12.8. The molecule has 0 atom stereocenters. The third-order valence-corrected chi connectivity index (χ3v) is 8.48. The van der Waals surface area contributed by atoms with E-state index in [1.54, 1.807) is 0 Å². The van der Waals surface area contributed by atoms with E-state index in [1.165, 1.54) is 193 Å². The van der Waals surface area contributed by atoms with Crippen molar-refractivity contribution in [2.45, 2.75) is 220 Å². The molecule has 0 heterocycles. The van der Waals surface area contributed by atoms with E-state index in [1.807, 2.05) is 0 Å². The average molecular weight is 582 g/mol. The van der Waals surface area contributed by atoms with Gasteiger partial charge >= 0.3 is 5.97 Å². The van der Waals surface area contributed by atoms with Crippen LogP contribution in [0.1, 0.15) is 220 Å². The number of aliphatic carboxylic acids is 1. The summed E-state index contributed by atoms with van der Waals surface area (Å²) >= 11 is 0. The third kappa shape index (κ3) is 41.6. The van der Waals surface area contributed by atoms with Crippen molar-refractivity contribution >= 4 is 5.97 Å². The van der Waals surface area contributed by atoms with Crippen molar-refractivity contribution in [3.63, 3.8) is 0 Å². The third-order valence-electron chi connectivity index (χ3n) is 8.48. The monoisotopic (exact) mass is 582 g/mol. The first kappa shape index (κ1) is 42.6. The number of unbranched alkanes of at least 4 members (excludes halogenated alkanes) is 25. The number of hydrogen-bond acceptors (Lipinski definition) is 2. The molecule has 41 heavy (non-hydrogen) atoms. The maximum Gasteiger partial charge on any atom is 0.303 e. The molecule has 0 saturated heterocycles. The minimum Gasteiger partial charge on any atom is -0.481 e. The number of rotatable bonds is 33. The standard InChI is InChI=1S/C24H51N.C14H28O2/c1-4-7-10-13-16-19-22-25(23-20-17-14-11-8-5-2)24-21-18-15-12-9-6-3;1-2-3-4-5-6-7-8-9-10-11-12-13-14(15)16/h4-24H2,1-3H3;2-13H2,1H3,(H,15,16). The molecule has 0 rings (SSSR count). The minimum absolute atomic E-state index is 0.344. The predicted molar refractivity (Wildman–Crippen MR) is 185 cm³/mol. The lowest BCUT2D eigenvalue weighted by atomic mass is 10.1. The Morgan fingerprint density at radius 2 is 0.585 bits per heavy atom. The maximum atomic E-state index is 10.3. The summed E-state index contributed by atoms with van der Waals surface area (Å²) in [4.78, 5) is 13.1. The fraction of sp³-hybridized carbons (Fsp3) is 0.974. The van der Waals surface area contributed by atoms with Crippen molar-refractivity contribution in [2.24, 2.45) is 0 Å². The zero-order valence-corrected chi connectivity index (χ0v) is 29.1. The number of nitrogens with zero attached hydrogens (tertiary/aromatic N) is 1. The van der Waals surface area contributed by atoms with E-state index in [2.05, 4.69) is 32.6 Å². The Morgan fingerprint density at radius 3 is 0.829 bits per heavy atom. The molecule has 0 aromatic carbocycles. The van der Waals surface area contributed by atoms with E-state index in [0.717, 1.165) is 12.8 Å². The van der Waals surface area contributed by atoms with Crippen LogP contribution < -0.4 is 0 Å². The van der Waals surface area contributed by atoms with Crippen LogP contribution in [0.4, 0.5) is 0 Å². The topological polar surface area (TPSA) is 40.5 Å². The van der Waals surface area contributed by atoms with Gasteiger partial charge in [0.1, 0.15) is 0 Å².